The lowest BCUT2D eigenvalue weighted by molar-refractivity contribution is 0.0569. The average molecular weight is 504 g/mol. The van der Waals surface area contributed by atoms with E-state index in [1.54, 1.807) is 13.8 Å². The van der Waals surface area contributed by atoms with Gasteiger partial charge in [-0.2, -0.15) is 17.7 Å². The summed E-state index contributed by atoms with van der Waals surface area (Å²) in [5, 5.41) is 13.0. The molecule has 0 aliphatic carbocycles. The number of nitrogens with zero attached hydrogens (tertiary/aromatic N) is 3. The summed E-state index contributed by atoms with van der Waals surface area (Å²) in [6.07, 6.45) is -0.757. The quantitative estimate of drug-likeness (QED) is 0.352. The summed E-state index contributed by atoms with van der Waals surface area (Å²) in [5.74, 6) is -1.90. The molecular weight excluding hydrogens is 476 g/mol. The normalized spacial score (nSPS) is 17.2. The van der Waals surface area contributed by atoms with Crippen LogP contribution in [0.15, 0.2) is 29.4 Å². The maximum atomic E-state index is 14.0. The van der Waals surface area contributed by atoms with Crippen molar-refractivity contribution in [2.75, 3.05) is 30.9 Å². The number of thioether (sulfide) groups is 1. The lowest BCUT2D eigenvalue weighted by Crippen LogP contribution is -2.38. The van der Waals surface area contributed by atoms with Gasteiger partial charge in [0.15, 0.2) is 16.8 Å². The zero-order valence-corrected chi connectivity index (χ0v) is 19.9. The fourth-order valence-corrected chi connectivity index (χ4v) is 4.95. The van der Waals surface area contributed by atoms with Crippen LogP contribution in [0.25, 0.3) is 0 Å². The molecule has 3 N–H and O–H groups in total. The van der Waals surface area contributed by atoms with Crippen molar-refractivity contribution in [2.45, 2.75) is 43.4 Å². The number of benzene rings is 1. The average Bonchev–Trinajstić information content (AvgIpc) is 3.04. The number of aliphatic hydroxyl groups is 1. The van der Waals surface area contributed by atoms with E-state index in [0.717, 1.165) is 24.4 Å². The van der Waals surface area contributed by atoms with Crippen molar-refractivity contribution in [1.29, 1.82) is 0 Å². The third-order valence-electron chi connectivity index (χ3n) is 4.93. The molecule has 1 aromatic carbocycles. The molecule has 1 aliphatic rings. The summed E-state index contributed by atoms with van der Waals surface area (Å²) in [4.78, 5) is 8.44. The predicted octanol–water partition coefficient (Wildman–Crippen LogP) is 2.15. The molecule has 182 valence electrons. The van der Waals surface area contributed by atoms with Gasteiger partial charge in [-0.15, -0.1) is 0 Å². The van der Waals surface area contributed by atoms with E-state index in [1.807, 2.05) is 0 Å². The second kappa shape index (κ2) is 11.4. The predicted molar refractivity (Wildman–Crippen MR) is 121 cm³/mol. The summed E-state index contributed by atoms with van der Waals surface area (Å²) >= 11 is 0.995. The molecule has 1 aliphatic heterocycles. The number of aliphatic hydroxyl groups excluding tert-OH is 1. The molecular formula is C20H27F2N5O4S2. The second-order valence-corrected chi connectivity index (χ2v) is 10.2. The molecule has 0 saturated carbocycles. The van der Waals surface area contributed by atoms with E-state index in [4.69, 9.17) is 4.74 Å². The van der Waals surface area contributed by atoms with Gasteiger partial charge in [-0.05, 0) is 32.9 Å². The van der Waals surface area contributed by atoms with Crippen LogP contribution in [-0.4, -0.2) is 66.2 Å². The Morgan fingerprint density at radius 3 is 2.82 bits per heavy atom. The summed E-state index contributed by atoms with van der Waals surface area (Å²) in [6, 6.07) is 5.18. The molecule has 3 rings (SSSR count). The molecule has 1 fully saturated rings. The van der Waals surface area contributed by atoms with E-state index in [0.29, 0.717) is 26.1 Å². The molecule has 13 heteroatoms. The molecule has 2 heterocycles. The maximum Gasteiger partial charge on any atom is 0.302 e. The third kappa shape index (κ3) is 7.21. The van der Waals surface area contributed by atoms with Crippen LogP contribution >= 0.6 is 11.8 Å². The fraction of sp³-hybridized carbons (Fsp3) is 0.500. The summed E-state index contributed by atoms with van der Waals surface area (Å²) in [7, 11) is -3.89. The number of rotatable bonds is 9. The van der Waals surface area contributed by atoms with Gasteiger partial charge in [-0.1, -0.05) is 23.9 Å². The van der Waals surface area contributed by atoms with Gasteiger partial charge in [0, 0.05) is 37.0 Å². The molecule has 0 amide bonds. The zero-order valence-electron chi connectivity index (χ0n) is 18.3. The van der Waals surface area contributed by atoms with E-state index >= 15 is 0 Å². The first-order valence-electron chi connectivity index (χ1n) is 10.4. The Hall–Kier alpha value is -2.06. The van der Waals surface area contributed by atoms with Gasteiger partial charge in [0.25, 0.3) is 0 Å². The highest BCUT2D eigenvalue weighted by atomic mass is 32.2. The standard InChI is InChI=1S/C20H27F2N5O4S2/c1-13(28)14(2)31-18-11-17(26-33(29,30)27-9-4-7-23-8-10-27)24-20(25-18)32-12-15-5-3-6-16(21)19(15)22/h3,5-6,11,13-14,23,28H,4,7-10,12H2,1-2H3,(H,24,25,26)/t13-,14?/m1/s1. The second-order valence-electron chi connectivity index (χ2n) is 7.55. The maximum absolute atomic E-state index is 14.0. The fourth-order valence-electron chi connectivity index (χ4n) is 2.93. The van der Waals surface area contributed by atoms with Crippen LogP contribution in [0.3, 0.4) is 0 Å². The van der Waals surface area contributed by atoms with Crippen molar-refractivity contribution in [2.24, 2.45) is 0 Å². The Balaban J connectivity index is 1.84. The SMILES string of the molecule is CC(Oc1cc(NS(=O)(=O)N2CCCNCC2)nc(SCc2cccc(F)c2F)n1)[C@@H](C)O. The van der Waals surface area contributed by atoms with Gasteiger partial charge >= 0.3 is 10.2 Å². The molecule has 9 nitrogen and oxygen atoms in total. The van der Waals surface area contributed by atoms with E-state index in [2.05, 4.69) is 20.0 Å². The number of hydrogen-bond acceptors (Lipinski definition) is 8. The molecule has 0 spiro atoms. The minimum atomic E-state index is -3.89. The van der Waals surface area contributed by atoms with Crippen LogP contribution in [0.2, 0.25) is 0 Å². The minimum Gasteiger partial charge on any atom is -0.472 e. The minimum absolute atomic E-state index is 0.0169. The van der Waals surface area contributed by atoms with Gasteiger partial charge in [0.2, 0.25) is 5.88 Å². The number of anilines is 1. The number of nitrogens with one attached hydrogen (secondary N) is 2. The lowest BCUT2D eigenvalue weighted by Gasteiger charge is -2.21. The van der Waals surface area contributed by atoms with E-state index in [9.17, 15) is 22.3 Å². The third-order valence-corrected chi connectivity index (χ3v) is 7.34. The van der Waals surface area contributed by atoms with Crippen LogP contribution in [0.5, 0.6) is 5.88 Å². The van der Waals surface area contributed by atoms with Gasteiger partial charge in [-0.3, -0.25) is 4.72 Å². The largest absolute Gasteiger partial charge is 0.472 e. The van der Waals surface area contributed by atoms with Gasteiger partial charge < -0.3 is 15.2 Å². The number of ether oxygens (including phenoxy) is 1. The molecule has 33 heavy (non-hydrogen) atoms. The van der Waals surface area contributed by atoms with Crippen LogP contribution < -0.4 is 14.8 Å². The molecule has 1 unspecified atom stereocenters. The highest BCUT2D eigenvalue weighted by Gasteiger charge is 2.24. The number of aromatic nitrogens is 2. The Bertz CT molecular complexity index is 1050. The summed E-state index contributed by atoms with van der Waals surface area (Å²) < 4.78 is 62.6. The monoisotopic (exact) mass is 503 g/mol. The van der Waals surface area contributed by atoms with Crippen molar-refractivity contribution in [1.82, 2.24) is 19.6 Å². The van der Waals surface area contributed by atoms with E-state index in [-0.39, 0.29) is 28.2 Å². The Labute approximate surface area is 196 Å². The van der Waals surface area contributed by atoms with Gasteiger partial charge in [-0.25, -0.2) is 13.8 Å². The Morgan fingerprint density at radius 2 is 2.06 bits per heavy atom. The van der Waals surface area contributed by atoms with Crippen molar-refractivity contribution >= 4 is 27.8 Å². The topological polar surface area (TPSA) is 117 Å². The van der Waals surface area contributed by atoms with Crippen molar-refractivity contribution in [3.8, 4) is 5.88 Å². The first-order chi connectivity index (χ1) is 15.7. The van der Waals surface area contributed by atoms with Crippen molar-refractivity contribution in [3.63, 3.8) is 0 Å². The first kappa shape index (κ1) is 25.6. The molecule has 1 saturated heterocycles. The first-order valence-corrected chi connectivity index (χ1v) is 12.9. The highest BCUT2D eigenvalue weighted by Crippen LogP contribution is 2.27. The Morgan fingerprint density at radius 1 is 1.27 bits per heavy atom. The zero-order chi connectivity index (χ0) is 24.0. The highest BCUT2D eigenvalue weighted by molar-refractivity contribution is 7.98. The van der Waals surface area contributed by atoms with Gasteiger partial charge in [0.05, 0.1) is 6.10 Å². The van der Waals surface area contributed by atoms with Crippen LogP contribution in [0.4, 0.5) is 14.6 Å². The van der Waals surface area contributed by atoms with Crippen LogP contribution in [0.1, 0.15) is 25.8 Å². The van der Waals surface area contributed by atoms with Crippen LogP contribution in [-0.2, 0) is 16.0 Å². The number of hydrogen-bond donors (Lipinski definition) is 3. The Kier molecular flexibility index (Phi) is 8.82. The van der Waals surface area contributed by atoms with E-state index in [1.165, 1.54) is 22.5 Å². The smallest absolute Gasteiger partial charge is 0.302 e. The molecule has 1 aromatic heterocycles. The summed E-state index contributed by atoms with van der Waals surface area (Å²) in [5.41, 5.74) is 0.117. The molecule has 0 radical (unpaired) electrons. The molecule has 0 bridgehead atoms. The number of halogens is 2. The van der Waals surface area contributed by atoms with Crippen LogP contribution in [0, 0.1) is 11.6 Å². The van der Waals surface area contributed by atoms with E-state index < -0.39 is 34.1 Å². The van der Waals surface area contributed by atoms with Crippen molar-refractivity contribution in [3.05, 3.63) is 41.5 Å². The van der Waals surface area contributed by atoms with Gasteiger partial charge in [0.1, 0.15) is 11.9 Å². The lowest BCUT2D eigenvalue weighted by atomic mass is 10.2. The summed E-state index contributed by atoms with van der Waals surface area (Å²) in [6.45, 7) is 5.11. The van der Waals surface area contributed by atoms with Crippen molar-refractivity contribution < 1.29 is 27.0 Å². The molecule has 2 atom stereocenters. The molecule has 2 aromatic rings.